The first kappa shape index (κ1) is 15.9. The Morgan fingerprint density at radius 2 is 1.63 bits per heavy atom. The van der Waals surface area contributed by atoms with Gasteiger partial charge in [-0.15, -0.1) is 0 Å². The van der Waals surface area contributed by atoms with Crippen molar-refractivity contribution in [3.8, 4) is 11.5 Å². The van der Waals surface area contributed by atoms with E-state index in [0.717, 1.165) is 24.2 Å². The number of rotatable bonds is 10. The minimum absolute atomic E-state index is 0.398. The molecule has 0 aliphatic carbocycles. The second-order valence-corrected chi connectivity index (χ2v) is 5.09. The van der Waals surface area contributed by atoms with Crippen molar-refractivity contribution in [3.63, 3.8) is 0 Å². The fourth-order valence-corrected chi connectivity index (χ4v) is 2.29. The van der Waals surface area contributed by atoms with Gasteiger partial charge in [0.05, 0.1) is 6.61 Å². The molecule has 2 nitrogen and oxygen atoms in total. The van der Waals surface area contributed by atoms with Crippen LogP contribution < -0.4 is 4.74 Å². The Balaban J connectivity index is 2.26. The lowest BCUT2D eigenvalue weighted by Gasteiger charge is -2.08. The van der Waals surface area contributed by atoms with Crippen LogP contribution in [0.5, 0.6) is 11.5 Å². The fourth-order valence-electron chi connectivity index (χ4n) is 2.29. The smallest absolute Gasteiger partial charge is 0.119 e. The van der Waals surface area contributed by atoms with E-state index in [-0.39, 0.29) is 0 Å². The van der Waals surface area contributed by atoms with E-state index in [2.05, 4.69) is 6.92 Å². The molecule has 0 fully saturated rings. The van der Waals surface area contributed by atoms with Gasteiger partial charge in [0.15, 0.2) is 0 Å². The van der Waals surface area contributed by atoms with Crippen molar-refractivity contribution in [2.75, 3.05) is 6.61 Å². The standard InChI is InChI=1S/C17H28O2/c1-3-5-6-7-8-9-10-11-15-14-16(19-4-2)12-13-17(15)18/h12-14,18H,3-11H2,1-2H3. The molecule has 0 spiro atoms. The first-order valence-electron chi connectivity index (χ1n) is 7.72. The number of phenols is 1. The molecule has 0 unspecified atom stereocenters. The van der Waals surface area contributed by atoms with Crippen LogP contribution in [0.2, 0.25) is 0 Å². The monoisotopic (exact) mass is 264 g/mol. The molecule has 0 saturated carbocycles. The summed E-state index contributed by atoms with van der Waals surface area (Å²) >= 11 is 0. The van der Waals surface area contributed by atoms with Gasteiger partial charge in [-0.05, 0) is 43.5 Å². The molecule has 0 aliphatic heterocycles. The van der Waals surface area contributed by atoms with E-state index in [4.69, 9.17) is 4.74 Å². The number of phenolic OH excluding ortho intramolecular Hbond substituents is 1. The van der Waals surface area contributed by atoms with Crippen molar-refractivity contribution in [2.24, 2.45) is 0 Å². The number of aromatic hydroxyl groups is 1. The van der Waals surface area contributed by atoms with Crippen molar-refractivity contribution < 1.29 is 9.84 Å². The van der Waals surface area contributed by atoms with Crippen molar-refractivity contribution >= 4 is 0 Å². The van der Waals surface area contributed by atoms with Crippen LogP contribution in [0.4, 0.5) is 0 Å². The molecular weight excluding hydrogens is 236 g/mol. The van der Waals surface area contributed by atoms with Crippen molar-refractivity contribution in [1.29, 1.82) is 0 Å². The zero-order chi connectivity index (χ0) is 13.9. The Kier molecular flexibility index (Phi) is 8.11. The summed E-state index contributed by atoms with van der Waals surface area (Å²) < 4.78 is 5.46. The van der Waals surface area contributed by atoms with E-state index in [0.29, 0.717) is 12.4 Å². The summed E-state index contributed by atoms with van der Waals surface area (Å²) in [6, 6.07) is 5.53. The highest BCUT2D eigenvalue weighted by molar-refractivity contribution is 5.39. The minimum atomic E-state index is 0.398. The van der Waals surface area contributed by atoms with Crippen LogP contribution in [-0.4, -0.2) is 11.7 Å². The van der Waals surface area contributed by atoms with E-state index >= 15 is 0 Å². The molecule has 0 amide bonds. The van der Waals surface area contributed by atoms with Gasteiger partial charge in [0, 0.05) is 0 Å². The van der Waals surface area contributed by atoms with Crippen molar-refractivity contribution in [1.82, 2.24) is 0 Å². The lowest BCUT2D eigenvalue weighted by atomic mass is 10.0. The Bertz CT molecular complexity index is 347. The molecule has 0 bridgehead atoms. The molecule has 1 rings (SSSR count). The molecule has 0 aromatic heterocycles. The highest BCUT2D eigenvalue weighted by atomic mass is 16.5. The van der Waals surface area contributed by atoms with Crippen molar-refractivity contribution in [3.05, 3.63) is 23.8 Å². The molecule has 19 heavy (non-hydrogen) atoms. The molecule has 1 N–H and O–H groups in total. The average molecular weight is 264 g/mol. The maximum atomic E-state index is 9.82. The first-order valence-corrected chi connectivity index (χ1v) is 7.72. The summed E-state index contributed by atoms with van der Waals surface area (Å²) in [5.41, 5.74) is 1.01. The zero-order valence-electron chi connectivity index (χ0n) is 12.5. The summed E-state index contributed by atoms with van der Waals surface area (Å²) in [7, 11) is 0. The van der Waals surface area contributed by atoms with Crippen LogP contribution in [0.1, 0.15) is 64.4 Å². The molecule has 0 saturated heterocycles. The van der Waals surface area contributed by atoms with Crippen LogP contribution in [0, 0.1) is 0 Å². The SMILES string of the molecule is CCCCCCCCCc1cc(OCC)ccc1O. The van der Waals surface area contributed by atoms with Crippen LogP contribution in [0.3, 0.4) is 0 Å². The molecule has 108 valence electrons. The van der Waals surface area contributed by atoms with Crippen LogP contribution in [0.15, 0.2) is 18.2 Å². The molecule has 1 aromatic carbocycles. The second kappa shape index (κ2) is 9.71. The van der Waals surface area contributed by atoms with E-state index in [1.165, 1.54) is 38.5 Å². The molecule has 0 heterocycles. The van der Waals surface area contributed by atoms with Gasteiger partial charge < -0.3 is 9.84 Å². The largest absolute Gasteiger partial charge is 0.508 e. The highest BCUT2D eigenvalue weighted by Crippen LogP contribution is 2.25. The fraction of sp³-hybridized carbons (Fsp3) is 0.647. The first-order chi connectivity index (χ1) is 9.27. The number of hydrogen-bond acceptors (Lipinski definition) is 2. The molecule has 0 radical (unpaired) electrons. The summed E-state index contributed by atoms with van der Waals surface area (Å²) in [6.07, 6.45) is 10.0. The predicted molar refractivity (Wildman–Crippen MR) is 81.0 cm³/mol. The number of unbranched alkanes of at least 4 members (excludes halogenated alkanes) is 6. The Morgan fingerprint density at radius 1 is 0.947 bits per heavy atom. The lowest BCUT2D eigenvalue weighted by molar-refractivity contribution is 0.338. The Morgan fingerprint density at radius 3 is 2.32 bits per heavy atom. The van der Waals surface area contributed by atoms with Gasteiger partial charge in [0.25, 0.3) is 0 Å². The van der Waals surface area contributed by atoms with Crippen LogP contribution in [-0.2, 0) is 6.42 Å². The van der Waals surface area contributed by atoms with Gasteiger partial charge in [-0.25, -0.2) is 0 Å². The second-order valence-electron chi connectivity index (χ2n) is 5.09. The third-order valence-electron chi connectivity index (χ3n) is 3.41. The van der Waals surface area contributed by atoms with E-state index in [9.17, 15) is 5.11 Å². The molecule has 0 aliphatic rings. The summed E-state index contributed by atoms with van der Waals surface area (Å²) in [4.78, 5) is 0. The summed E-state index contributed by atoms with van der Waals surface area (Å²) in [5, 5.41) is 9.82. The Hall–Kier alpha value is -1.18. The van der Waals surface area contributed by atoms with Gasteiger partial charge in [-0.1, -0.05) is 45.4 Å². The summed E-state index contributed by atoms with van der Waals surface area (Å²) in [5.74, 6) is 1.26. The zero-order valence-corrected chi connectivity index (χ0v) is 12.5. The topological polar surface area (TPSA) is 29.5 Å². The van der Waals surface area contributed by atoms with Gasteiger partial charge in [0.1, 0.15) is 11.5 Å². The average Bonchev–Trinajstić information content (AvgIpc) is 2.41. The third-order valence-corrected chi connectivity index (χ3v) is 3.41. The number of ether oxygens (including phenoxy) is 1. The molecule has 2 heteroatoms. The number of hydrogen-bond donors (Lipinski definition) is 1. The molecule has 1 aromatic rings. The number of aryl methyl sites for hydroxylation is 1. The van der Waals surface area contributed by atoms with Crippen molar-refractivity contribution in [2.45, 2.75) is 65.2 Å². The van der Waals surface area contributed by atoms with Gasteiger partial charge in [0.2, 0.25) is 0 Å². The minimum Gasteiger partial charge on any atom is -0.508 e. The normalized spacial score (nSPS) is 10.6. The van der Waals surface area contributed by atoms with Gasteiger partial charge in [-0.3, -0.25) is 0 Å². The molecule has 0 atom stereocenters. The Labute approximate surface area is 117 Å². The predicted octanol–water partition coefficient (Wildman–Crippen LogP) is 5.08. The van der Waals surface area contributed by atoms with E-state index < -0.39 is 0 Å². The quantitative estimate of drug-likeness (QED) is 0.597. The van der Waals surface area contributed by atoms with E-state index in [1.807, 2.05) is 19.1 Å². The maximum absolute atomic E-state index is 9.82. The van der Waals surface area contributed by atoms with Crippen LogP contribution >= 0.6 is 0 Å². The molecular formula is C17H28O2. The maximum Gasteiger partial charge on any atom is 0.119 e. The third kappa shape index (κ3) is 6.51. The van der Waals surface area contributed by atoms with Gasteiger partial charge in [-0.2, -0.15) is 0 Å². The summed E-state index contributed by atoms with van der Waals surface area (Å²) in [6.45, 7) is 4.89. The van der Waals surface area contributed by atoms with Gasteiger partial charge >= 0.3 is 0 Å². The highest BCUT2D eigenvalue weighted by Gasteiger charge is 2.03. The van der Waals surface area contributed by atoms with Crippen LogP contribution in [0.25, 0.3) is 0 Å². The lowest BCUT2D eigenvalue weighted by Crippen LogP contribution is -1.93. The number of benzene rings is 1. The van der Waals surface area contributed by atoms with E-state index in [1.54, 1.807) is 6.07 Å².